The van der Waals surface area contributed by atoms with Gasteiger partial charge in [-0.15, -0.1) is 0 Å². The van der Waals surface area contributed by atoms with Gasteiger partial charge in [-0.25, -0.2) is 0 Å². The topological polar surface area (TPSA) is 81.9 Å². The Morgan fingerprint density at radius 3 is 2.75 bits per heavy atom. The van der Waals surface area contributed by atoms with Gasteiger partial charge in [-0.2, -0.15) is 0 Å². The quantitative estimate of drug-likeness (QED) is 0.517. The standard InChI is InChI=1S/C15H20N2O3/c1-11(7-12(2)18)17-10-14(19)9-16-8-13-5-3-4-6-15(13)20/h3-8,14,17,19-20H,9-10H2,1-2H3/t14-/m0/s1. The Morgan fingerprint density at radius 2 is 2.10 bits per heavy atom. The minimum Gasteiger partial charge on any atom is -0.507 e. The molecule has 5 nitrogen and oxygen atoms in total. The van der Waals surface area contributed by atoms with Crippen LogP contribution in [0, 0.1) is 0 Å². The number of carbonyl (C=O) groups is 1. The van der Waals surface area contributed by atoms with Crippen molar-refractivity contribution in [1.29, 1.82) is 0 Å². The van der Waals surface area contributed by atoms with Crippen LogP contribution in [-0.4, -0.2) is 41.4 Å². The second-order valence-electron chi connectivity index (χ2n) is 4.53. The van der Waals surface area contributed by atoms with Gasteiger partial charge < -0.3 is 15.5 Å². The number of nitrogens with zero attached hydrogens (tertiary/aromatic N) is 1. The number of para-hydroxylation sites is 1. The largest absolute Gasteiger partial charge is 0.507 e. The number of phenolic OH excluding ortho intramolecular Hbond substituents is 1. The van der Waals surface area contributed by atoms with E-state index in [4.69, 9.17) is 0 Å². The average Bonchev–Trinajstić information content (AvgIpc) is 2.38. The summed E-state index contributed by atoms with van der Waals surface area (Å²) in [6, 6.07) is 6.85. The molecule has 108 valence electrons. The van der Waals surface area contributed by atoms with Crippen molar-refractivity contribution in [3.63, 3.8) is 0 Å². The van der Waals surface area contributed by atoms with Crippen molar-refractivity contribution in [2.45, 2.75) is 20.0 Å². The lowest BCUT2D eigenvalue weighted by Gasteiger charge is -2.10. The van der Waals surface area contributed by atoms with E-state index in [1.807, 2.05) is 0 Å². The van der Waals surface area contributed by atoms with E-state index < -0.39 is 6.10 Å². The molecule has 0 heterocycles. The van der Waals surface area contributed by atoms with Crippen molar-refractivity contribution in [3.05, 3.63) is 41.6 Å². The van der Waals surface area contributed by atoms with Crippen LogP contribution in [0.3, 0.4) is 0 Å². The van der Waals surface area contributed by atoms with Gasteiger partial charge in [-0.1, -0.05) is 12.1 Å². The lowest BCUT2D eigenvalue weighted by Crippen LogP contribution is -2.28. The zero-order valence-electron chi connectivity index (χ0n) is 11.7. The molecule has 0 spiro atoms. The van der Waals surface area contributed by atoms with E-state index >= 15 is 0 Å². The summed E-state index contributed by atoms with van der Waals surface area (Å²) < 4.78 is 0. The third kappa shape index (κ3) is 6.15. The van der Waals surface area contributed by atoms with Crippen LogP contribution in [0.15, 0.2) is 41.0 Å². The van der Waals surface area contributed by atoms with Gasteiger partial charge in [0, 0.05) is 24.0 Å². The molecule has 3 N–H and O–H groups in total. The maximum Gasteiger partial charge on any atom is 0.154 e. The van der Waals surface area contributed by atoms with E-state index in [2.05, 4.69) is 10.3 Å². The van der Waals surface area contributed by atoms with Gasteiger partial charge in [0.1, 0.15) is 5.75 Å². The minimum absolute atomic E-state index is 0.0398. The van der Waals surface area contributed by atoms with Gasteiger partial charge in [-0.05, 0) is 32.1 Å². The first-order valence-electron chi connectivity index (χ1n) is 6.37. The summed E-state index contributed by atoms with van der Waals surface area (Å²) in [4.78, 5) is 14.9. The molecule has 1 aromatic rings. The highest BCUT2D eigenvalue weighted by molar-refractivity contribution is 5.87. The van der Waals surface area contributed by atoms with Crippen LogP contribution < -0.4 is 5.32 Å². The summed E-state index contributed by atoms with van der Waals surface area (Å²) in [7, 11) is 0. The molecule has 0 saturated heterocycles. The Labute approximate surface area is 118 Å². The number of phenols is 1. The van der Waals surface area contributed by atoms with Crippen LogP contribution in [0.25, 0.3) is 0 Å². The van der Waals surface area contributed by atoms with Crippen molar-refractivity contribution in [2.24, 2.45) is 4.99 Å². The molecule has 0 amide bonds. The molecule has 1 atom stereocenters. The monoisotopic (exact) mass is 276 g/mol. The van der Waals surface area contributed by atoms with Gasteiger partial charge >= 0.3 is 0 Å². The molecule has 0 bridgehead atoms. The second-order valence-corrected chi connectivity index (χ2v) is 4.53. The highest BCUT2D eigenvalue weighted by atomic mass is 16.3. The van der Waals surface area contributed by atoms with E-state index in [0.717, 1.165) is 0 Å². The van der Waals surface area contributed by atoms with Crippen molar-refractivity contribution >= 4 is 12.0 Å². The van der Waals surface area contributed by atoms with Crippen molar-refractivity contribution in [1.82, 2.24) is 5.32 Å². The highest BCUT2D eigenvalue weighted by Gasteiger charge is 2.02. The van der Waals surface area contributed by atoms with Crippen molar-refractivity contribution in [3.8, 4) is 5.75 Å². The Morgan fingerprint density at radius 1 is 1.40 bits per heavy atom. The maximum atomic E-state index is 10.8. The normalized spacial score (nSPS) is 13.4. The third-order valence-electron chi connectivity index (χ3n) is 2.52. The number of aliphatic hydroxyl groups excluding tert-OH is 1. The Hall–Kier alpha value is -2.14. The number of benzene rings is 1. The van der Waals surface area contributed by atoms with E-state index in [-0.39, 0.29) is 18.1 Å². The lowest BCUT2D eigenvalue weighted by molar-refractivity contribution is -0.112. The van der Waals surface area contributed by atoms with Gasteiger partial charge in [0.2, 0.25) is 0 Å². The average molecular weight is 276 g/mol. The predicted molar refractivity (Wildman–Crippen MR) is 79.0 cm³/mol. The fourth-order valence-electron chi connectivity index (χ4n) is 1.57. The lowest BCUT2D eigenvalue weighted by atomic mass is 10.2. The number of aromatic hydroxyl groups is 1. The summed E-state index contributed by atoms with van der Waals surface area (Å²) in [5.41, 5.74) is 1.32. The second kappa shape index (κ2) is 8.12. The van der Waals surface area contributed by atoms with E-state index in [1.54, 1.807) is 31.2 Å². The number of aliphatic hydroxyl groups is 1. The molecule has 0 fully saturated rings. The summed E-state index contributed by atoms with van der Waals surface area (Å²) in [5.74, 6) is 0.117. The van der Waals surface area contributed by atoms with Crippen LogP contribution in [0.2, 0.25) is 0 Å². The zero-order chi connectivity index (χ0) is 15.0. The van der Waals surface area contributed by atoms with Crippen LogP contribution in [0.4, 0.5) is 0 Å². The number of allylic oxidation sites excluding steroid dienone is 2. The van der Waals surface area contributed by atoms with Gasteiger partial charge in [-0.3, -0.25) is 9.79 Å². The van der Waals surface area contributed by atoms with Crippen LogP contribution >= 0.6 is 0 Å². The Balaban J connectivity index is 2.38. The van der Waals surface area contributed by atoms with E-state index in [9.17, 15) is 15.0 Å². The summed E-state index contributed by atoms with van der Waals surface area (Å²) in [6.07, 6.45) is 2.34. The summed E-state index contributed by atoms with van der Waals surface area (Å²) in [5, 5.41) is 22.2. The minimum atomic E-state index is -0.660. The zero-order valence-corrected chi connectivity index (χ0v) is 11.7. The fourth-order valence-corrected chi connectivity index (χ4v) is 1.57. The smallest absolute Gasteiger partial charge is 0.154 e. The van der Waals surface area contributed by atoms with Gasteiger partial charge in [0.15, 0.2) is 5.78 Å². The van der Waals surface area contributed by atoms with Crippen LogP contribution in [0.1, 0.15) is 19.4 Å². The molecular formula is C15H20N2O3. The molecule has 0 aromatic heterocycles. The first-order chi connectivity index (χ1) is 9.49. The van der Waals surface area contributed by atoms with Gasteiger partial charge in [0.05, 0.1) is 12.6 Å². The molecule has 0 aliphatic rings. The number of hydrogen-bond donors (Lipinski definition) is 3. The number of rotatable bonds is 7. The molecule has 0 radical (unpaired) electrons. The molecule has 0 aliphatic carbocycles. The van der Waals surface area contributed by atoms with E-state index in [0.29, 0.717) is 17.8 Å². The van der Waals surface area contributed by atoms with Gasteiger partial charge in [0.25, 0.3) is 0 Å². The van der Waals surface area contributed by atoms with Crippen LogP contribution in [-0.2, 0) is 4.79 Å². The molecule has 0 unspecified atom stereocenters. The molecule has 5 heteroatoms. The number of nitrogens with one attached hydrogen (secondary N) is 1. The molecule has 1 rings (SSSR count). The molecule has 0 saturated carbocycles. The number of carbonyl (C=O) groups excluding carboxylic acids is 1. The fraction of sp³-hybridized carbons (Fsp3) is 0.333. The van der Waals surface area contributed by atoms with Crippen molar-refractivity contribution < 1.29 is 15.0 Å². The Bertz CT molecular complexity index is 510. The van der Waals surface area contributed by atoms with Crippen molar-refractivity contribution in [2.75, 3.05) is 13.1 Å². The molecule has 1 aromatic carbocycles. The third-order valence-corrected chi connectivity index (χ3v) is 2.52. The maximum absolute atomic E-state index is 10.8. The molecule has 20 heavy (non-hydrogen) atoms. The number of ketones is 1. The first kappa shape index (κ1) is 15.9. The first-order valence-corrected chi connectivity index (χ1v) is 6.37. The summed E-state index contributed by atoms with van der Waals surface area (Å²) in [6.45, 7) is 3.76. The molecule has 0 aliphatic heterocycles. The molecular weight excluding hydrogens is 256 g/mol. The Kier molecular flexibility index (Phi) is 6.46. The SMILES string of the molecule is CC(=O)C=C(C)NC[C@@H](O)CN=Cc1ccccc1O. The predicted octanol–water partition coefficient (Wildman–Crippen LogP) is 1.25. The van der Waals surface area contributed by atoms with Crippen LogP contribution in [0.5, 0.6) is 5.75 Å². The van der Waals surface area contributed by atoms with E-state index in [1.165, 1.54) is 19.2 Å². The number of hydrogen-bond acceptors (Lipinski definition) is 5. The highest BCUT2D eigenvalue weighted by Crippen LogP contribution is 2.12. The number of aliphatic imine (C=N–C) groups is 1. The summed E-state index contributed by atoms with van der Waals surface area (Å²) >= 11 is 0.